The number of halogens is 2. The Hall–Kier alpha value is -2.47. The average molecular weight is 386 g/mol. The quantitative estimate of drug-likeness (QED) is 0.711. The van der Waals surface area contributed by atoms with Gasteiger partial charge in [-0.3, -0.25) is 14.8 Å². The number of carbonyl (C=O) groups excluding carboxylic acids is 1. The largest absolute Gasteiger partial charge is 0.295 e. The minimum Gasteiger partial charge on any atom is -0.295 e. The van der Waals surface area contributed by atoms with E-state index in [2.05, 4.69) is 26.1 Å². The summed E-state index contributed by atoms with van der Waals surface area (Å²) in [6.45, 7) is 1.85. The maximum atomic E-state index is 14.5. The van der Waals surface area contributed by atoms with Crippen LogP contribution in [-0.2, 0) is 0 Å². The summed E-state index contributed by atoms with van der Waals surface area (Å²) in [6.07, 6.45) is 0. The molecule has 0 bridgehead atoms. The maximum absolute atomic E-state index is 14.5. The van der Waals surface area contributed by atoms with Gasteiger partial charge in [-0.05, 0) is 37.3 Å². The summed E-state index contributed by atoms with van der Waals surface area (Å²) in [5.41, 5.74) is 3.01. The first-order valence-electron chi connectivity index (χ1n) is 7.46. The van der Waals surface area contributed by atoms with E-state index < -0.39 is 6.04 Å². The monoisotopic (exact) mass is 385 g/mol. The van der Waals surface area contributed by atoms with Crippen LogP contribution in [0.1, 0.15) is 33.4 Å². The molecular formula is C18H13BrFN3O. The number of H-pyrrole nitrogens is 1. The molecule has 2 aromatic carbocycles. The van der Waals surface area contributed by atoms with Crippen molar-refractivity contribution in [3.8, 4) is 0 Å². The maximum Gasteiger partial charge on any atom is 0.280 e. The van der Waals surface area contributed by atoms with Crippen LogP contribution in [0.5, 0.6) is 0 Å². The molecule has 1 unspecified atom stereocenters. The topological polar surface area (TPSA) is 49.0 Å². The highest BCUT2D eigenvalue weighted by Gasteiger charge is 2.43. The number of hydrogen-bond acceptors (Lipinski definition) is 2. The smallest absolute Gasteiger partial charge is 0.280 e. The average Bonchev–Trinajstić information content (AvgIpc) is 3.08. The number of aryl methyl sites for hydroxylation is 1. The second-order valence-electron chi connectivity index (χ2n) is 5.69. The molecule has 1 aliphatic rings. The van der Waals surface area contributed by atoms with Crippen LogP contribution in [0, 0.1) is 12.7 Å². The Kier molecular flexibility index (Phi) is 3.49. The molecule has 3 aromatic rings. The van der Waals surface area contributed by atoms with E-state index in [0.29, 0.717) is 16.9 Å². The van der Waals surface area contributed by atoms with Crippen molar-refractivity contribution in [2.75, 3.05) is 4.90 Å². The summed E-state index contributed by atoms with van der Waals surface area (Å²) in [4.78, 5) is 14.5. The first-order chi connectivity index (χ1) is 11.6. The molecule has 0 aliphatic carbocycles. The molecule has 0 saturated carbocycles. The van der Waals surface area contributed by atoms with Crippen LogP contribution in [0.15, 0.2) is 53.0 Å². The third kappa shape index (κ3) is 2.17. The Morgan fingerprint density at radius 2 is 1.88 bits per heavy atom. The van der Waals surface area contributed by atoms with Gasteiger partial charge in [0.05, 0.1) is 6.04 Å². The van der Waals surface area contributed by atoms with Gasteiger partial charge in [0, 0.05) is 27.0 Å². The lowest BCUT2D eigenvalue weighted by Gasteiger charge is -2.26. The zero-order chi connectivity index (χ0) is 16.8. The van der Waals surface area contributed by atoms with Gasteiger partial charge in [-0.15, -0.1) is 0 Å². The number of carbonyl (C=O) groups is 1. The van der Waals surface area contributed by atoms with Crippen molar-refractivity contribution in [2.24, 2.45) is 0 Å². The Balaban J connectivity index is 1.94. The molecule has 1 atom stereocenters. The molecule has 2 heterocycles. The number of nitrogens with one attached hydrogen (secondary N) is 1. The van der Waals surface area contributed by atoms with Crippen molar-refractivity contribution < 1.29 is 9.18 Å². The lowest BCUT2D eigenvalue weighted by molar-refractivity contribution is 0.0988. The fourth-order valence-corrected chi connectivity index (χ4v) is 3.42. The molecule has 1 aromatic heterocycles. The summed E-state index contributed by atoms with van der Waals surface area (Å²) in [7, 11) is 0. The Morgan fingerprint density at radius 3 is 2.58 bits per heavy atom. The standard InChI is InChI=1S/C18H13BrFN3O/c1-10-15-16(22-21-10)18(24)23(12-8-6-11(19)7-9-12)17(15)13-4-2-3-5-14(13)20/h2-9,17H,1H3,(H,21,22). The van der Waals surface area contributed by atoms with E-state index in [-0.39, 0.29) is 11.7 Å². The summed E-state index contributed by atoms with van der Waals surface area (Å²) in [6, 6.07) is 13.4. The van der Waals surface area contributed by atoms with Crippen molar-refractivity contribution in [1.29, 1.82) is 0 Å². The van der Waals surface area contributed by atoms with E-state index in [1.54, 1.807) is 23.1 Å². The number of fused-ring (bicyclic) bond motifs is 1. The van der Waals surface area contributed by atoms with E-state index in [1.165, 1.54) is 6.07 Å². The van der Waals surface area contributed by atoms with Gasteiger partial charge < -0.3 is 0 Å². The lowest BCUT2D eigenvalue weighted by Crippen LogP contribution is -2.29. The van der Waals surface area contributed by atoms with Gasteiger partial charge in [0.25, 0.3) is 5.91 Å². The Bertz CT molecular complexity index is 936. The fourth-order valence-electron chi connectivity index (χ4n) is 3.16. The third-order valence-electron chi connectivity index (χ3n) is 4.25. The molecule has 6 heteroatoms. The van der Waals surface area contributed by atoms with Crippen LogP contribution >= 0.6 is 15.9 Å². The van der Waals surface area contributed by atoms with E-state index in [1.807, 2.05) is 31.2 Å². The van der Waals surface area contributed by atoms with E-state index in [4.69, 9.17) is 0 Å². The summed E-state index contributed by atoms with van der Waals surface area (Å²) in [5.74, 6) is -0.573. The van der Waals surface area contributed by atoms with Crippen molar-refractivity contribution in [1.82, 2.24) is 10.2 Å². The molecule has 0 radical (unpaired) electrons. The van der Waals surface area contributed by atoms with Crippen LogP contribution in [0.3, 0.4) is 0 Å². The summed E-state index contributed by atoms with van der Waals surface area (Å²) < 4.78 is 15.4. The number of nitrogens with zero attached hydrogens (tertiary/aromatic N) is 2. The first-order valence-corrected chi connectivity index (χ1v) is 8.25. The number of anilines is 1. The zero-order valence-corrected chi connectivity index (χ0v) is 14.3. The number of hydrogen-bond donors (Lipinski definition) is 1. The SMILES string of the molecule is Cc1[nH]nc2c1C(c1ccccc1F)N(c1ccc(Br)cc1)C2=O. The lowest BCUT2D eigenvalue weighted by atomic mass is 9.98. The van der Waals surface area contributed by atoms with Crippen LogP contribution in [-0.4, -0.2) is 16.1 Å². The molecule has 1 aliphatic heterocycles. The number of benzene rings is 2. The van der Waals surface area contributed by atoms with Gasteiger partial charge in [-0.25, -0.2) is 4.39 Å². The highest BCUT2D eigenvalue weighted by atomic mass is 79.9. The van der Waals surface area contributed by atoms with E-state index in [9.17, 15) is 9.18 Å². The van der Waals surface area contributed by atoms with Gasteiger partial charge in [0.2, 0.25) is 0 Å². The first kappa shape index (κ1) is 15.1. The molecule has 24 heavy (non-hydrogen) atoms. The van der Waals surface area contributed by atoms with Crippen LogP contribution < -0.4 is 4.90 Å². The van der Waals surface area contributed by atoms with Crippen molar-refractivity contribution in [3.05, 3.63) is 81.3 Å². The Morgan fingerprint density at radius 1 is 1.17 bits per heavy atom. The van der Waals surface area contributed by atoms with Crippen LogP contribution in [0.4, 0.5) is 10.1 Å². The van der Waals surface area contributed by atoms with E-state index >= 15 is 0 Å². The molecule has 0 saturated heterocycles. The molecule has 0 fully saturated rings. The number of aromatic amines is 1. The minimum atomic E-state index is -0.534. The number of aromatic nitrogens is 2. The molecule has 1 N–H and O–H groups in total. The van der Waals surface area contributed by atoms with Crippen molar-refractivity contribution >= 4 is 27.5 Å². The number of amides is 1. The molecule has 120 valence electrons. The van der Waals surface area contributed by atoms with Crippen LogP contribution in [0.25, 0.3) is 0 Å². The predicted octanol–water partition coefficient (Wildman–Crippen LogP) is 4.37. The van der Waals surface area contributed by atoms with Gasteiger partial charge in [0.15, 0.2) is 5.69 Å². The predicted molar refractivity (Wildman–Crippen MR) is 92.5 cm³/mol. The second-order valence-corrected chi connectivity index (χ2v) is 6.60. The Labute approximate surface area is 146 Å². The highest BCUT2D eigenvalue weighted by molar-refractivity contribution is 9.10. The number of rotatable bonds is 2. The molecule has 4 rings (SSSR count). The van der Waals surface area contributed by atoms with Gasteiger partial charge in [-0.1, -0.05) is 34.1 Å². The van der Waals surface area contributed by atoms with E-state index in [0.717, 1.165) is 15.7 Å². The van der Waals surface area contributed by atoms with Gasteiger partial charge in [0.1, 0.15) is 5.82 Å². The summed E-state index contributed by atoms with van der Waals surface area (Å²) >= 11 is 3.39. The second kappa shape index (κ2) is 5.56. The zero-order valence-electron chi connectivity index (χ0n) is 12.8. The third-order valence-corrected chi connectivity index (χ3v) is 4.78. The summed E-state index contributed by atoms with van der Waals surface area (Å²) in [5, 5.41) is 6.97. The molecule has 4 nitrogen and oxygen atoms in total. The highest BCUT2D eigenvalue weighted by Crippen LogP contribution is 2.43. The van der Waals surface area contributed by atoms with Crippen LogP contribution in [0.2, 0.25) is 0 Å². The van der Waals surface area contributed by atoms with Crippen molar-refractivity contribution in [3.63, 3.8) is 0 Å². The normalized spacial score (nSPS) is 16.5. The van der Waals surface area contributed by atoms with Crippen molar-refractivity contribution in [2.45, 2.75) is 13.0 Å². The van der Waals surface area contributed by atoms with Gasteiger partial charge >= 0.3 is 0 Å². The molecule has 0 spiro atoms. The fraction of sp³-hybridized carbons (Fsp3) is 0.111. The minimum absolute atomic E-state index is 0.232. The molecular weight excluding hydrogens is 373 g/mol. The molecule has 1 amide bonds. The van der Waals surface area contributed by atoms with Gasteiger partial charge in [-0.2, -0.15) is 5.10 Å².